The van der Waals surface area contributed by atoms with Crippen LogP contribution in [0.3, 0.4) is 0 Å². The summed E-state index contributed by atoms with van der Waals surface area (Å²) in [6.45, 7) is 5.59. The van der Waals surface area contributed by atoms with Crippen molar-refractivity contribution in [3.8, 4) is 5.69 Å². The van der Waals surface area contributed by atoms with Crippen LogP contribution in [0.4, 0.5) is 4.39 Å². The quantitative estimate of drug-likeness (QED) is 0.500. The molecule has 0 amide bonds. The number of thioether (sulfide) groups is 1. The fourth-order valence-corrected chi connectivity index (χ4v) is 4.29. The van der Waals surface area contributed by atoms with Crippen LogP contribution in [0.1, 0.15) is 26.8 Å². The van der Waals surface area contributed by atoms with Crippen molar-refractivity contribution in [3.05, 3.63) is 58.1 Å². The molecular weight excluding hydrogens is 345 g/mol. The maximum Gasteiger partial charge on any atom is 0.174 e. The molecule has 3 rings (SSSR count). The van der Waals surface area contributed by atoms with E-state index in [-0.39, 0.29) is 17.4 Å². The number of aryl methyl sites for hydroxylation is 2. The van der Waals surface area contributed by atoms with Crippen LogP contribution >= 0.6 is 23.1 Å². The second-order valence-corrected chi connectivity index (χ2v) is 7.77. The molecule has 0 aliphatic heterocycles. The lowest BCUT2D eigenvalue weighted by Crippen LogP contribution is -2.06. The van der Waals surface area contributed by atoms with Crippen molar-refractivity contribution in [2.75, 3.05) is 5.75 Å². The molecule has 0 unspecified atom stereocenters. The van der Waals surface area contributed by atoms with E-state index < -0.39 is 0 Å². The third-order valence-electron chi connectivity index (χ3n) is 3.66. The molecule has 24 heavy (non-hydrogen) atoms. The Bertz CT molecular complexity index is 901. The molecule has 1 aromatic carbocycles. The number of benzene rings is 1. The van der Waals surface area contributed by atoms with Crippen LogP contribution in [0.25, 0.3) is 5.69 Å². The number of carbonyl (C=O) groups excluding carboxylic acids is 1. The van der Waals surface area contributed by atoms with Gasteiger partial charge in [-0.15, -0.1) is 10.2 Å². The molecule has 0 saturated carbocycles. The van der Waals surface area contributed by atoms with Gasteiger partial charge < -0.3 is 4.57 Å². The molecule has 0 atom stereocenters. The lowest BCUT2D eigenvalue weighted by Gasteiger charge is -2.10. The number of halogens is 1. The van der Waals surface area contributed by atoms with Crippen LogP contribution in [0.15, 0.2) is 34.7 Å². The maximum absolute atomic E-state index is 14.1. The lowest BCUT2D eigenvalue weighted by atomic mass is 10.2. The fourth-order valence-electron chi connectivity index (χ4n) is 2.59. The monoisotopic (exact) mass is 361 g/mol. The fraction of sp³-hybridized carbons (Fsp3) is 0.235. The Balaban J connectivity index is 1.86. The summed E-state index contributed by atoms with van der Waals surface area (Å²) in [7, 11) is 0. The van der Waals surface area contributed by atoms with E-state index in [0.717, 1.165) is 20.7 Å². The van der Waals surface area contributed by atoms with Gasteiger partial charge >= 0.3 is 0 Å². The maximum atomic E-state index is 14.1. The average molecular weight is 361 g/mol. The number of hydrogen-bond acceptors (Lipinski definition) is 5. The third kappa shape index (κ3) is 3.27. The van der Waals surface area contributed by atoms with Gasteiger partial charge in [0.2, 0.25) is 0 Å². The summed E-state index contributed by atoms with van der Waals surface area (Å²) >= 11 is 2.85. The predicted molar refractivity (Wildman–Crippen MR) is 94.9 cm³/mol. The average Bonchev–Trinajstić information content (AvgIpc) is 3.09. The van der Waals surface area contributed by atoms with Crippen LogP contribution in [-0.4, -0.2) is 26.3 Å². The first-order valence-electron chi connectivity index (χ1n) is 7.37. The minimum absolute atomic E-state index is 0.00328. The van der Waals surface area contributed by atoms with Crippen LogP contribution in [0, 0.1) is 26.6 Å². The number of carbonyl (C=O) groups is 1. The molecule has 2 heterocycles. The first kappa shape index (κ1) is 16.9. The Kier molecular flexibility index (Phi) is 4.82. The number of rotatable bonds is 5. The van der Waals surface area contributed by atoms with E-state index in [4.69, 9.17) is 0 Å². The summed E-state index contributed by atoms with van der Waals surface area (Å²) < 4.78 is 16.7. The number of para-hydroxylation sites is 1. The smallest absolute Gasteiger partial charge is 0.174 e. The molecule has 0 bridgehead atoms. The molecule has 124 valence electrons. The molecule has 0 aliphatic rings. The second-order valence-electron chi connectivity index (χ2n) is 5.37. The highest BCUT2D eigenvalue weighted by Gasteiger charge is 2.18. The molecule has 0 fully saturated rings. The molecule has 0 radical (unpaired) electrons. The van der Waals surface area contributed by atoms with Crippen molar-refractivity contribution in [2.24, 2.45) is 0 Å². The largest absolute Gasteiger partial charge is 0.315 e. The molecule has 0 aliphatic carbocycles. The highest BCUT2D eigenvalue weighted by Crippen LogP contribution is 2.26. The Morgan fingerprint density at radius 1 is 1.25 bits per heavy atom. The zero-order chi connectivity index (χ0) is 17.3. The zero-order valence-corrected chi connectivity index (χ0v) is 15.2. The topological polar surface area (TPSA) is 47.8 Å². The summed E-state index contributed by atoms with van der Waals surface area (Å²) in [6, 6.07) is 8.38. The van der Waals surface area contributed by atoms with Gasteiger partial charge in [0.15, 0.2) is 10.1 Å². The highest BCUT2D eigenvalue weighted by atomic mass is 32.2. The van der Waals surface area contributed by atoms with Crippen molar-refractivity contribution < 1.29 is 9.18 Å². The van der Waals surface area contributed by atoms with E-state index in [0.29, 0.717) is 11.3 Å². The highest BCUT2D eigenvalue weighted by molar-refractivity contribution is 8.01. The van der Waals surface area contributed by atoms with Gasteiger partial charge in [-0.25, -0.2) is 4.39 Å². The van der Waals surface area contributed by atoms with Gasteiger partial charge in [-0.3, -0.25) is 4.79 Å². The molecule has 0 spiro atoms. The van der Waals surface area contributed by atoms with Gasteiger partial charge in [0.05, 0.1) is 11.4 Å². The number of aromatic nitrogens is 3. The molecule has 7 heteroatoms. The SMILES string of the molecule is Cc1nnc(SCC(=O)c2cc(C)n(-c3ccccc3F)c2C)s1. The third-order valence-corrected chi connectivity index (χ3v) is 5.63. The van der Waals surface area contributed by atoms with Crippen molar-refractivity contribution >= 4 is 28.9 Å². The van der Waals surface area contributed by atoms with E-state index in [1.165, 1.54) is 29.2 Å². The van der Waals surface area contributed by atoms with Crippen LogP contribution in [0.2, 0.25) is 0 Å². The number of hydrogen-bond donors (Lipinski definition) is 0. The Labute approximate surface area is 147 Å². The Hall–Kier alpha value is -1.99. The Morgan fingerprint density at radius 3 is 2.67 bits per heavy atom. The Morgan fingerprint density at radius 2 is 2.00 bits per heavy atom. The molecular formula is C17H16FN3OS2. The van der Waals surface area contributed by atoms with E-state index >= 15 is 0 Å². The van der Waals surface area contributed by atoms with Crippen molar-refractivity contribution in [3.63, 3.8) is 0 Å². The summed E-state index contributed by atoms with van der Waals surface area (Å²) in [5, 5.41) is 8.83. The molecule has 0 N–H and O–H groups in total. The van der Waals surface area contributed by atoms with E-state index in [1.807, 2.05) is 26.8 Å². The van der Waals surface area contributed by atoms with Gasteiger partial charge in [-0.1, -0.05) is 35.2 Å². The molecule has 0 saturated heterocycles. The lowest BCUT2D eigenvalue weighted by molar-refractivity contribution is 0.102. The summed E-state index contributed by atoms with van der Waals surface area (Å²) in [5.41, 5.74) is 2.65. The first-order chi connectivity index (χ1) is 11.5. The predicted octanol–water partition coefficient (Wildman–Crippen LogP) is 4.37. The minimum Gasteiger partial charge on any atom is -0.315 e. The van der Waals surface area contributed by atoms with E-state index in [2.05, 4.69) is 10.2 Å². The van der Waals surface area contributed by atoms with Gasteiger partial charge in [0.1, 0.15) is 10.8 Å². The van der Waals surface area contributed by atoms with Crippen LogP contribution < -0.4 is 0 Å². The van der Waals surface area contributed by atoms with Crippen LogP contribution in [-0.2, 0) is 0 Å². The minimum atomic E-state index is -0.308. The van der Waals surface area contributed by atoms with Gasteiger partial charge in [0, 0.05) is 17.0 Å². The van der Waals surface area contributed by atoms with E-state index in [1.54, 1.807) is 22.8 Å². The van der Waals surface area contributed by atoms with Gasteiger partial charge in [0.25, 0.3) is 0 Å². The number of nitrogens with zero attached hydrogens (tertiary/aromatic N) is 3. The standard InChI is InChI=1S/C17H16FN3OS2/c1-10-8-13(16(22)9-23-17-20-19-12(3)24-17)11(2)21(10)15-7-5-4-6-14(15)18/h4-8H,9H2,1-3H3. The van der Waals surface area contributed by atoms with Gasteiger partial charge in [-0.2, -0.15) is 0 Å². The van der Waals surface area contributed by atoms with Crippen LogP contribution in [0.5, 0.6) is 0 Å². The zero-order valence-electron chi connectivity index (χ0n) is 13.5. The normalized spacial score (nSPS) is 11.0. The summed E-state index contributed by atoms with van der Waals surface area (Å²) in [4.78, 5) is 12.6. The molecule has 4 nitrogen and oxygen atoms in total. The number of ketones is 1. The number of Topliss-reactive ketones (excluding diaryl/α,β-unsaturated/α-hetero) is 1. The first-order valence-corrected chi connectivity index (χ1v) is 9.17. The van der Waals surface area contributed by atoms with Crippen molar-refractivity contribution in [2.45, 2.75) is 25.1 Å². The molecule has 3 aromatic rings. The van der Waals surface area contributed by atoms with Crippen molar-refractivity contribution in [1.82, 2.24) is 14.8 Å². The summed E-state index contributed by atoms with van der Waals surface area (Å²) in [5.74, 6) is -0.0171. The summed E-state index contributed by atoms with van der Waals surface area (Å²) in [6.07, 6.45) is 0. The second kappa shape index (κ2) is 6.86. The van der Waals surface area contributed by atoms with Gasteiger partial charge in [-0.05, 0) is 39.0 Å². The van der Waals surface area contributed by atoms with E-state index in [9.17, 15) is 9.18 Å². The molecule has 2 aromatic heterocycles. The van der Waals surface area contributed by atoms with Crippen molar-refractivity contribution in [1.29, 1.82) is 0 Å².